The van der Waals surface area contributed by atoms with E-state index in [2.05, 4.69) is 52.7 Å². The lowest BCUT2D eigenvalue weighted by molar-refractivity contribution is -0.123. The minimum absolute atomic E-state index is 0.0808. The summed E-state index contributed by atoms with van der Waals surface area (Å²) < 4.78 is 0. The third-order valence-electron chi connectivity index (χ3n) is 10.5. The molecule has 256 valence electrons. The van der Waals surface area contributed by atoms with Crippen LogP contribution in [0.5, 0.6) is 0 Å². The first-order valence-corrected chi connectivity index (χ1v) is 18.7. The van der Waals surface area contributed by atoms with Gasteiger partial charge in [-0.1, -0.05) is 122 Å². The molecule has 5 rings (SSSR count). The largest absolute Gasteiger partial charge is 0.341 e. The van der Waals surface area contributed by atoms with Crippen molar-refractivity contribution in [2.24, 2.45) is 11.7 Å². The van der Waals surface area contributed by atoms with Crippen molar-refractivity contribution in [3.63, 3.8) is 0 Å². The summed E-state index contributed by atoms with van der Waals surface area (Å²) in [5.74, 6) is 0.769. The number of nitrogens with two attached hydrogens (primary N) is 1. The van der Waals surface area contributed by atoms with Gasteiger partial charge in [0.15, 0.2) is 0 Å². The first-order chi connectivity index (χ1) is 23.5. The highest BCUT2D eigenvalue weighted by atomic mass is 16.1. The molecule has 0 radical (unpaired) electrons. The summed E-state index contributed by atoms with van der Waals surface area (Å²) in [4.78, 5) is 29.3. The Morgan fingerprint density at radius 3 is 2.04 bits per heavy atom. The quantitative estimate of drug-likeness (QED) is 0.0749. The standard InChI is InChI=1S/C43H57N3O2/c44-41(29-17-16-28-40(47)31-36-21-18-30-46(34-36)33-35-19-8-3-1-2-4-9-20-35)45-42(48)32-43(37-22-10-5-11-23-37,38-24-12-6-13-25-38)39-26-14-7-15-27-39/h5-7,10-15,19,22-27,36,41H,1-4,8-9,16-18,20-21,28-34,44H2,(H,45,48). The zero-order chi connectivity index (χ0) is 33.4. The molecule has 3 N–H and O–H groups in total. The number of nitrogens with zero attached hydrogens (tertiary/aromatic N) is 1. The summed E-state index contributed by atoms with van der Waals surface area (Å²) >= 11 is 0. The lowest BCUT2D eigenvalue weighted by atomic mass is 9.67. The van der Waals surface area contributed by atoms with Crippen LogP contribution < -0.4 is 11.1 Å². The molecule has 1 aliphatic carbocycles. The summed E-state index contributed by atoms with van der Waals surface area (Å²) in [6.45, 7) is 3.31. The Labute approximate surface area is 289 Å². The number of carbonyl (C=O) groups excluding carboxylic acids is 2. The average Bonchev–Trinajstić information content (AvgIpc) is 3.24. The molecule has 2 unspecified atom stereocenters. The van der Waals surface area contributed by atoms with Gasteiger partial charge in [-0.25, -0.2) is 0 Å². The van der Waals surface area contributed by atoms with E-state index in [-0.39, 0.29) is 12.3 Å². The van der Waals surface area contributed by atoms with Crippen LogP contribution in [-0.2, 0) is 15.0 Å². The van der Waals surface area contributed by atoms with Gasteiger partial charge in [0.25, 0.3) is 0 Å². The molecule has 5 nitrogen and oxygen atoms in total. The van der Waals surface area contributed by atoms with Crippen molar-refractivity contribution in [2.45, 2.75) is 108 Å². The maximum absolute atomic E-state index is 13.7. The fourth-order valence-corrected chi connectivity index (χ4v) is 7.98. The van der Waals surface area contributed by atoms with Crippen LogP contribution in [0.2, 0.25) is 0 Å². The molecule has 1 fully saturated rings. The van der Waals surface area contributed by atoms with E-state index in [9.17, 15) is 9.59 Å². The number of hydrogen-bond acceptors (Lipinski definition) is 4. The number of nitrogens with one attached hydrogen (secondary N) is 1. The van der Waals surface area contributed by atoms with Crippen LogP contribution in [-0.4, -0.2) is 42.4 Å². The van der Waals surface area contributed by atoms with Crippen molar-refractivity contribution in [1.82, 2.24) is 10.2 Å². The summed E-state index contributed by atoms with van der Waals surface area (Å²) in [7, 11) is 0. The Bertz CT molecular complexity index is 1330. The van der Waals surface area contributed by atoms with Crippen LogP contribution in [0.15, 0.2) is 103 Å². The molecular formula is C43H57N3O2. The van der Waals surface area contributed by atoms with Crippen molar-refractivity contribution < 1.29 is 9.59 Å². The fraction of sp³-hybridized carbons (Fsp3) is 0.488. The van der Waals surface area contributed by atoms with Gasteiger partial charge < -0.3 is 11.1 Å². The van der Waals surface area contributed by atoms with E-state index in [1.54, 1.807) is 5.57 Å². The number of allylic oxidation sites excluding steroid dienone is 1. The van der Waals surface area contributed by atoms with Crippen LogP contribution in [0.3, 0.4) is 0 Å². The second-order valence-electron chi connectivity index (χ2n) is 14.3. The van der Waals surface area contributed by atoms with Crippen molar-refractivity contribution >= 4 is 11.7 Å². The highest BCUT2D eigenvalue weighted by Gasteiger charge is 2.38. The summed E-state index contributed by atoms with van der Waals surface area (Å²) in [6, 6.07) is 30.8. The minimum Gasteiger partial charge on any atom is -0.341 e. The van der Waals surface area contributed by atoms with E-state index in [1.165, 1.54) is 51.4 Å². The monoisotopic (exact) mass is 647 g/mol. The number of rotatable bonds is 15. The Morgan fingerprint density at radius 1 is 0.792 bits per heavy atom. The molecule has 1 saturated heterocycles. The average molecular weight is 648 g/mol. The van der Waals surface area contributed by atoms with E-state index in [1.807, 2.05) is 54.6 Å². The maximum Gasteiger partial charge on any atom is 0.222 e. The normalized spacial score (nSPS) is 18.5. The summed E-state index contributed by atoms with van der Waals surface area (Å²) in [5.41, 5.74) is 10.6. The third kappa shape index (κ3) is 10.5. The van der Waals surface area contributed by atoms with E-state index in [0.29, 0.717) is 31.0 Å². The second-order valence-corrected chi connectivity index (χ2v) is 14.3. The predicted octanol–water partition coefficient (Wildman–Crippen LogP) is 8.71. The molecule has 5 heteroatoms. The van der Waals surface area contributed by atoms with Gasteiger partial charge >= 0.3 is 0 Å². The molecule has 3 aromatic rings. The van der Waals surface area contributed by atoms with Crippen LogP contribution in [0.4, 0.5) is 0 Å². The molecule has 0 spiro atoms. The summed E-state index contributed by atoms with van der Waals surface area (Å²) in [5, 5.41) is 3.09. The van der Waals surface area contributed by atoms with Crippen LogP contribution in [0, 0.1) is 5.92 Å². The molecule has 3 aromatic carbocycles. The zero-order valence-electron chi connectivity index (χ0n) is 29.0. The van der Waals surface area contributed by atoms with E-state index < -0.39 is 11.6 Å². The molecule has 1 heterocycles. The van der Waals surface area contributed by atoms with Crippen LogP contribution >= 0.6 is 0 Å². The van der Waals surface area contributed by atoms with E-state index in [4.69, 9.17) is 5.73 Å². The Morgan fingerprint density at radius 2 is 1.40 bits per heavy atom. The van der Waals surface area contributed by atoms with Crippen molar-refractivity contribution in [2.75, 3.05) is 19.6 Å². The van der Waals surface area contributed by atoms with Crippen molar-refractivity contribution in [3.05, 3.63) is 119 Å². The fourth-order valence-electron chi connectivity index (χ4n) is 7.98. The second kappa shape index (κ2) is 18.9. The number of unbranched alkanes of at least 4 members (excludes halogenated alkanes) is 1. The number of benzene rings is 3. The molecule has 2 aliphatic rings. The predicted molar refractivity (Wildman–Crippen MR) is 198 cm³/mol. The van der Waals surface area contributed by atoms with Gasteiger partial charge in [0.1, 0.15) is 5.78 Å². The summed E-state index contributed by atoms with van der Waals surface area (Å²) in [6.07, 6.45) is 17.5. The molecule has 0 saturated carbocycles. The minimum atomic E-state index is -0.653. The van der Waals surface area contributed by atoms with Crippen molar-refractivity contribution in [3.8, 4) is 0 Å². The number of carbonyl (C=O) groups is 2. The highest BCUT2D eigenvalue weighted by Crippen LogP contribution is 2.42. The Kier molecular flexibility index (Phi) is 14.0. The topological polar surface area (TPSA) is 75.4 Å². The smallest absolute Gasteiger partial charge is 0.222 e. The first-order valence-electron chi connectivity index (χ1n) is 18.7. The lowest BCUT2D eigenvalue weighted by Gasteiger charge is -2.36. The van der Waals surface area contributed by atoms with Gasteiger partial charge in [-0.15, -0.1) is 0 Å². The van der Waals surface area contributed by atoms with Gasteiger partial charge in [0.05, 0.1) is 11.6 Å². The van der Waals surface area contributed by atoms with Crippen molar-refractivity contribution in [1.29, 1.82) is 0 Å². The lowest BCUT2D eigenvalue weighted by Crippen LogP contribution is -2.45. The molecule has 0 aromatic heterocycles. The van der Waals surface area contributed by atoms with Crippen LogP contribution in [0.25, 0.3) is 0 Å². The molecular weight excluding hydrogens is 590 g/mol. The van der Waals surface area contributed by atoms with Gasteiger partial charge in [0, 0.05) is 32.4 Å². The molecule has 48 heavy (non-hydrogen) atoms. The van der Waals surface area contributed by atoms with E-state index >= 15 is 0 Å². The third-order valence-corrected chi connectivity index (χ3v) is 10.5. The van der Waals surface area contributed by atoms with Gasteiger partial charge in [-0.05, 0) is 86.9 Å². The molecule has 0 bridgehead atoms. The number of amides is 1. The highest BCUT2D eigenvalue weighted by molar-refractivity contribution is 5.80. The zero-order valence-corrected chi connectivity index (χ0v) is 29.0. The van der Waals surface area contributed by atoms with Gasteiger partial charge in [-0.2, -0.15) is 0 Å². The van der Waals surface area contributed by atoms with Crippen LogP contribution in [0.1, 0.15) is 113 Å². The number of Topliss-reactive ketones (excluding diaryl/α,β-unsaturated/α-hetero) is 1. The number of likely N-dealkylation sites (tertiary alicyclic amines) is 1. The Balaban J connectivity index is 1.09. The van der Waals surface area contributed by atoms with E-state index in [0.717, 1.165) is 55.6 Å². The number of ketones is 1. The number of hydrogen-bond donors (Lipinski definition) is 2. The van der Waals surface area contributed by atoms with Gasteiger partial charge in [-0.3, -0.25) is 14.5 Å². The number of piperidine rings is 1. The SMILES string of the molecule is NC(CCCCC(=O)CC1CCCN(CC2=CCCCCCCC2)C1)NC(=O)CC(c1ccccc1)(c1ccccc1)c1ccccc1. The Hall–Kier alpha value is -3.54. The maximum atomic E-state index is 13.7. The molecule has 2 atom stereocenters. The molecule has 1 aliphatic heterocycles. The molecule has 1 amide bonds. The first kappa shape index (κ1) is 35.8. The van der Waals surface area contributed by atoms with Gasteiger partial charge in [0.2, 0.25) is 5.91 Å².